The van der Waals surface area contributed by atoms with Gasteiger partial charge in [0.15, 0.2) is 0 Å². The van der Waals surface area contributed by atoms with Crippen LogP contribution in [0, 0.1) is 11.7 Å². The van der Waals surface area contributed by atoms with Crippen LogP contribution in [0.4, 0.5) is 4.39 Å². The maximum absolute atomic E-state index is 13.1. The minimum atomic E-state index is -0.884. The van der Waals surface area contributed by atoms with Crippen LogP contribution in [0.3, 0.4) is 0 Å². The maximum atomic E-state index is 13.1. The van der Waals surface area contributed by atoms with Crippen molar-refractivity contribution in [3.63, 3.8) is 0 Å². The van der Waals surface area contributed by atoms with E-state index < -0.39 is 29.8 Å². The molecular formula is C17H19ClFN3O4. The van der Waals surface area contributed by atoms with E-state index >= 15 is 0 Å². The van der Waals surface area contributed by atoms with E-state index in [9.17, 15) is 23.9 Å². The van der Waals surface area contributed by atoms with Gasteiger partial charge in [-0.15, -0.1) is 0 Å². The van der Waals surface area contributed by atoms with Crippen molar-refractivity contribution in [1.82, 2.24) is 15.5 Å². The minimum Gasteiger partial charge on any atom is -0.391 e. The van der Waals surface area contributed by atoms with Gasteiger partial charge in [-0.25, -0.2) is 4.39 Å². The fraction of sp³-hybridized carbons (Fsp3) is 0.471. The smallest absolute Gasteiger partial charge is 0.253 e. The Morgan fingerprint density at radius 3 is 2.81 bits per heavy atom. The van der Waals surface area contributed by atoms with Crippen molar-refractivity contribution in [3.05, 3.63) is 34.6 Å². The zero-order chi connectivity index (χ0) is 18.8. The Morgan fingerprint density at radius 1 is 1.35 bits per heavy atom. The SMILES string of the molecule is O=C1CN(C(=O)[C@@H]2C[C@@H](O)[C@H](NC(=O)c3ccc(F)cc3Cl)C2)CCN1. The quantitative estimate of drug-likeness (QED) is 0.699. The molecule has 1 aliphatic heterocycles. The average molecular weight is 384 g/mol. The molecule has 1 aromatic carbocycles. The van der Waals surface area contributed by atoms with Gasteiger partial charge in [0, 0.05) is 19.0 Å². The van der Waals surface area contributed by atoms with Crippen LogP contribution in [0.25, 0.3) is 0 Å². The number of aliphatic hydroxyl groups is 1. The molecular weight excluding hydrogens is 365 g/mol. The van der Waals surface area contributed by atoms with Crippen molar-refractivity contribution in [3.8, 4) is 0 Å². The molecule has 0 unspecified atom stereocenters. The number of hydrogen-bond acceptors (Lipinski definition) is 4. The number of piperazine rings is 1. The van der Waals surface area contributed by atoms with Crippen LogP contribution in [0.2, 0.25) is 5.02 Å². The van der Waals surface area contributed by atoms with Crippen molar-refractivity contribution < 1.29 is 23.9 Å². The lowest BCUT2D eigenvalue weighted by Crippen LogP contribution is -2.51. The summed E-state index contributed by atoms with van der Waals surface area (Å²) in [5, 5.41) is 15.5. The van der Waals surface area contributed by atoms with Crippen LogP contribution in [0.15, 0.2) is 18.2 Å². The Bertz CT molecular complexity index is 745. The summed E-state index contributed by atoms with van der Waals surface area (Å²) >= 11 is 5.88. The first-order valence-electron chi connectivity index (χ1n) is 8.34. The molecule has 0 radical (unpaired) electrons. The molecule has 1 saturated heterocycles. The first kappa shape index (κ1) is 18.6. The van der Waals surface area contributed by atoms with Crippen molar-refractivity contribution in [2.75, 3.05) is 19.6 Å². The monoisotopic (exact) mass is 383 g/mol. The lowest BCUT2D eigenvalue weighted by molar-refractivity contribution is -0.141. The number of halogens is 2. The van der Waals surface area contributed by atoms with Gasteiger partial charge in [0.2, 0.25) is 11.8 Å². The van der Waals surface area contributed by atoms with E-state index in [-0.39, 0.29) is 41.8 Å². The third kappa shape index (κ3) is 3.96. The summed E-state index contributed by atoms with van der Waals surface area (Å²) in [6.07, 6.45) is -0.410. The van der Waals surface area contributed by atoms with Gasteiger partial charge in [-0.2, -0.15) is 0 Å². The summed E-state index contributed by atoms with van der Waals surface area (Å²) < 4.78 is 13.1. The second-order valence-corrected chi connectivity index (χ2v) is 6.96. The van der Waals surface area contributed by atoms with Crippen molar-refractivity contribution in [1.29, 1.82) is 0 Å². The highest BCUT2D eigenvalue weighted by Crippen LogP contribution is 2.29. The van der Waals surface area contributed by atoms with Gasteiger partial charge in [-0.3, -0.25) is 14.4 Å². The molecule has 0 bridgehead atoms. The Kier molecular flexibility index (Phi) is 5.43. The molecule has 1 aliphatic carbocycles. The lowest BCUT2D eigenvalue weighted by Gasteiger charge is -2.29. The highest BCUT2D eigenvalue weighted by atomic mass is 35.5. The molecule has 1 heterocycles. The number of benzene rings is 1. The maximum Gasteiger partial charge on any atom is 0.253 e. The number of nitrogens with zero attached hydrogens (tertiary/aromatic N) is 1. The van der Waals surface area contributed by atoms with E-state index in [1.54, 1.807) is 0 Å². The standard InChI is InChI=1S/C17H19ClFN3O4/c18-12-7-10(19)1-2-11(12)16(25)21-13-5-9(6-14(13)23)17(26)22-4-3-20-15(24)8-22/h1-2,7,9,13-14,23H,3-6,8H2,(H,20,24)(H,21,25)/t9-,13+,14+/m0/s1. The summed E-state index contributed by atoms with van der Waals surface area (Å²) in [6.45, 7) is 0.843. The Labute approximate surface area is 154 Å². The average Bonchev–Trinajstić information content (AvgIpc) is 2.94. The highest BCUT2D eigenvalue weighted by molar-refractivity contribution is 6.33. The predicted octanol–water partition coefficient (Wildman–Crippen LogP) is 0.307. The zero-order valence-electron chi connectivity index (χ0n) is 13.9. The second kappa shape index (κ2) is 7.59. The van der Waals surface area contributed by atoms with Crippen molar-refractivity contribution in [2.24, 2.45) is 5.92 Å². The molecule has 3 rings (SSSR count). The number of rotatable bonds is 3. The fourth-order valence-corrected chi connectivity index (χ4v) is 3.63. The van der Waals surface area contributed by atoms with Crippen LogP contribution >= 0.6 is 11.6 Å². The van der Waals surface area contributed by atoms with Crippen molar-refractivity contribution in [2.45, 2.75) is 25.0 Å². The molecule has 26 heavy (non-hydrogen) atoms. The Hall–Kier alpha value is -2.19. The number of carbonyl (C=O) groups is 3. The van der Waals surface area contributed by atoms with E-state index in [4.69, 9.17) is 11.6 Å². The number of hydrogen-bond donors (Lipinski definition) is 3. The van der Waals surface area contributed by atoms with Gasteiger partial charge in [0.25, 0.3) is 5.91 Å². The van der Waals surface area contributed by atoms with E-state index in [1.807, 2.05) is 0 Å². The summed E-state index contributed by atoms with van der Waals surface area (Å²) in [5.41, 5.74) is 0.0998. The van der Waals surface area contributed by atoms with E-state index in [1.165, 1.54) is 11.0 Å². The van der Waals surface area contributed by atoms with Crippen LogP contribution in [0.5, 0.6) is 0 Å². The normalized spacial score (nSPS) is 25.7. The van der Waals surface area contributed by atoms with E-state index in [0.717, 1.165) is 12.1 Å². The molecule has 7 nitrogen and oxygen atoms in total. The van der Waals surface area contributed by atoms with E-state index in [0.29, 0.717) is 13.1 Å². The topological polar surface area (TPSA) is 98.7 Å². The van der Waals surface area contributed by atoms with Gasteiger partial charge in [0.05, 0.1) is 29.3 Å². The van der Waals surface area contributed by atoms with Gasteiger partial charge < -0.3 is 20.6 Å². The molecule has 2 fully saturated rings. The van der Waals surface area contributed by atoms with E-state index in [2.05, 4.69) is 10.6 Å². The Morgan fingerprint density at radius 2 is 2.12 bits per heavy atom. The molecule has 1 saturated carbocycles. The molecule has 3 N–H and O–H groups in total. The van der Waals surface area contributed by atoms with Crippen LogP contribution in [0.1, 0.15) is 23.2 Å². The molecule has 0 aromatic heterocycles. The number of amides is 3. The van der Waals surface area contributed by atoms with Crippen LogP contribution < -0.4 is 10.6 Å². The van der Waals surface area contributed by atoms with Crippen LogP contribution in [-0.4, -0.2) is 59.5 Å². The number of nitrogens with one attached hydrogen (secondary N) is 2. The second-order valence-electron chi connectivity index (χ2n) is 6.55. The summed E-state index contributed by atoms with van der Waals surface area (Å²) in [4.78, 5) is 37.8. The summed E-state index contributed by atoms with van der Waals surface area (Å²) in [5.74, 6) is -1.97. The molecule has 0 spiro atoms. The molecule has 3 amide bonds. The molecule has 140 valence electrons. The lowest BCUT2D eigenvalue weighted by atomic mass is 10.1. The zero-order valence-corrected chi connectivity index (χ0v) is 14.6. The third-order valence-electron chi connectivity index (χ3n) is 4.72. The third-order valence-corrected chi connectivity index (χ3v) is 5.03. The first-order valence-corrected chi connectivity index (χ1v) is 8.72. The Balaban J connectivity index is 1.62. The molecule has 3 atom stereocenters. The minimum absolute atomic E-state index is 0.00758. The summed E-state index contributed by atoms with van der Waals surface area (Å²) in [6, 6.07) is 2.81. The number of aliphatic hydroxyl groups excluding tert-OH is 1. The van der Waals surface area contributed by atoms with Crippen LogP contribution in [-0.2, 0) is 9.59 Å². The van der Waals surface area contributed by atoms with Crippen molar-refractivity contribution >= 4 is 29.3 Å². The van der Waals surface area contributed by atoms with Gasteiger partial charge in [0.1, 0.15) is 5.82 Å². The molecule has 2 aliphatic rings. The number of carbonyl (C=O) groups excluding carboxylic acids is 3. The highest BCUT2D eigenvalue weighted by Gasteiger charge is 2.40. The first-order chi connectivity index (χ1) is 12.3. The molecule has 9 heteroatoms. The van der Waals surface area contributed by atoms with Gasteiger partial charge >= 0.3 is 0 Å². The van der Waals surface area contributed by atoms with Gasteiger partial charge in [-0.05, 0) is 31.0 Å². The fourth-order valence-electron chi connectivity index (χ4n) is 3.38. The molecule has 1 aromatic rings. The largest absolute Gasteiger partial charge is 0.391 e. The predicted molar refractivity (Wildman–Crippen MR) is 91.0 cm³/mol. The summed E-state index contributed by atoms with van der Waals surface area (Å²) in [7, 11) is 0. The van der Waals surface area contributed by atoms with Gasteiger partial charge in [-0.1, -0.05) is 11.6 Å².